The number of carbonyl (C=O) groups is 1. The van der Waals surface area contributed by atoms with Crippen LogP contribution in [-0.2, 0) is 23.1 Å². The minimum atomic E-state index is -4.57. The van der Waals surface area contributed by atoms with Crippen LogP contribution in [0.15, 0.2) is 61.2 Å². The van der Waals surface area contributed by atoms with E-state index in [-0.39, 0.29) is 17.8 Å². The highest BCUT2D eigenvalue weighted by molar-refractivity contribution is 7.15. The Hall–Kier alpha value is -3.90. The predicted molar refractivity (Wildman–Crippen MR) is 145 cm³/mol. The van der Waals surface area contributed by atoms with E-state index in [1.807, 2.05) is 25.1 Å². The highest BCUT2D eigenvalue weighted by atomic mass is 32.1. The van der Waals surface area contributed by atoms with E-state index in [4.69, 9.17) is 0 Å². The zero-order valence-corrected chi connectivity index (χ0v) is 22.4. The van der Waals surface area contributed by atoms with Crippen LogP contribution in [-0.4, -0.2) is 30.9 Å². The molecule has 0 unspecified atom stereocenters. The van der Waals surface area contributed by atoms with E-state index in [0.717, 1.165) is 33.8 Å². The minimum absolute atomic E-state index is 0.0248. The number of nitrogens with zero attached hydrogens (tertiary/aromatic N) is 4. The molecule has 8 nitrogen and oxygen atoms in total. The molecule has 1 aromatic carbocycles. The van der Waals surface area contributed by atoms with Crippen molar-refractivity contribution in [2.24, 2.45) is 5.92 Å². The fourth-order valence-electron chi connectivity index (χ4n) is 4.73. The average molecular weight is 569 g/mol. The largest absolute Gasteiger partial charge is 0.433 e. The monoisotopic (exact) mass is 568 g/mol. The molecule has 0 atom stereocenters. The summed E-state index contributed by atoms with van der Waals surface area (Å²) in [6.07, 6.45) is 3.47. The average Bonchev–Trinajstić information content (AvgIpc) is 3.44. The van der Waals surface area contributed by atoms with Crippen LogP contribution < -0.4 is 10.6 Å². The molecule has 0 aliphatic heterocycles. The molecule has 208 valence electrons. The van der Waals surface area contributed by atoms with E-state index < -0.39 is 17.5 Å². The lowest BCUT2D eigenvalue weighted by Gasteiger charge is -2.33. The highest BCUT2D eigenvalue weighted by Crippen LogP contribution is 2.43. The molecule has 1 saturated carbocycles. The van der Waals surface area contributed by atoms with Crippen LogP contribution in [0.1, 0.15) is 47.5 Å². The fraction of sp³-hybridized carbons (Fsp3) is 0.321. The van der Waals surface area contributed by atoms with Crippen molar-refractivity contribution in [3.8, 4) is 10.4 Å². The number of nitrogens with one attached hydrogen (secondary N) is 2. The number of benzene rings is 1. The summed E-state index contributed by atoms with van der Waals surface area (Å²) in [5, 5.41) is 17.8. The molecule has 1 amide bonds. The quantitative estimate of drug-likeness (QED) is 0.260. The number of pyridine rings is 1. The Bertz CT molecular complexity index is 1490. The lowest BCUT2D eigenvalue weighted by Crippen LogP contribution is -2.38. The minimum Gasteiger partial charge on any atom is -0.383 e. The third kappa shape index (κ3) is 6.45. The Morgan fingerprint density at radius 3 is 2.58 bits per heavy atom. The number of thiazole rings is 1. The number of halogens is 3. The maximum absolute atomic E-state index is 13.0. The van der Waals surface area contributed by atoms with Crippen molar-refractivity contribution in [1.29, 1.82) is 0 Å². The van der Waals surface area contributed by atoms with Crippen molar-refractivity contribution in [1.82, 2.24) is 25.3 Å². The standard InChI is InChI=1S/C28H27F3N6O2S/c1-17-12-20(14-21(13-17)36-26-33-11-6-23(37-26)28(29,30)31)22-16-35-25(40-22)27(39)7-2-19(3-8-27)24(38)34-15-18-4-9-32-10-5-18/h4-6,9-14,16,19,39H,2-3,7-8,15H2,1H3,(H,34,38)(H,33,36,37). The first-order valence-electron chi connectivity index (χ1n) is 12.7. The van der Waals surface area contributed by atoms with E-state index in [0.29, 0.717) is 42.9 Å². The van der Waals surface area contributed by atoms with Gasteiger partial charge < -0.3 is 15.7 Å². The van der Waals surface area contributed by atoms with E-state index >= 15 is 0 Å². The number of aryl methyl sites for hydroxylation is 1. The van der Waals surface area contributed by atoms with E-state index in [1.54, 1.807) is 30.7 Å². The number of rotatable bonds is 7. The zero-order valence-electron chi connectivity index (χ0n) is 21.6. The van der Waals surface area contributed by atoms with Crippen LogP contribution in [0.4, 0.5) is 24.8 Å². The Balaban J connectivity index is 1.24. The van der Waals surface area contributed by atoms with E-state index in [9.17, 15) is 23.1 Å². The smallest absolute Gasteiger partial charge is 0.383 e. The molecule has 1 fully saturated rings. The molecule has 3 N–H and O–H groups in total. The van der Waals surface area contributed by atoms with Gasteiger partial charge in [-0.05, 0) is 79.6 Å². The van der Waals surface area contributed by atoms with Gasteiger partial charge in [0.15, 0.2) is 0 Å². The van der Waals surface area contributed by atoms with Crippen LogP contribution >= 0.6 is 11.3 Å². The Kier molecular flexibility index (Phi) is 7.81. The van der Waals surface area contributed by atoms with Crippen LogP contribution in [0.5, 0.6) is 0 Å². The number of hydrogen-bond acceptors (Lipinski definition) is 8. The summed E-state index contributed by atoms with van der Waals surface area (Å²) in [6, 6.07) is 10.0. The molecule has 1 aliphatic carbocycles. The first kappa shape index (κ1) is 27.7. The topological polar surface area (TPSA) is 113 Å². The lowest BCUT2D eigenvalue weighted by molar-refractivity contribution is -0.141. The summed E-state index contributed by atoms with van der Waals surface area (Å²) in [7, 11) is 0. The van der Waals surface area contributed by atoms with Gasteiger partial charge in [0, 0.05) is 42.9 Å². The second kappa shape index (κ2) is 11.3. The van der Waals surface area contributed by atoms with Gasteiger partial charge in [-0.25, -0.2) is 15.0 Å². The van der Waals surface area contributed by atoms with Gasteiger partial charge in [0.2, 0.25) is 11.9 Å². The van der Waals surface area contributed by atoms with Crippen molar-refractivity contribution in [2.45, 2.75) is 50.9 Å². The van der Waals surface area contributed by atoms with Crippen molar-refractivity contribution in [3.63, 3.8) is 0 Å². The summed E-state index contributed by atoms with van der Waals surface area (Å²) in [4.78, 5) is 29.4. The van der Waals surface area contributed by atoms with E-state index in [1.165, 1.54) is 11.3 Å². The van der Waals surface area contributed by atoms with Gasteiger partial charge in [-0.1, -0.05) is 6.07 Å². The molecule has 3 aromatic heterocycles. The van der Waals surface area contributed by atoms with Gasteiger partial charge in [0.1, 0.15) is 16.3 Å². The van der Waals surface area contributed by atoms with Gasteiger partial charge in [0.25, 0.3) is 0 Å². The summed E-state index contributed by atoms with van der Waals surface area (Å²) in [5.74, 6) is -0.361. The van der Waals surface area contributed by atoms with Crippen LogP contribution in [0.3, 0.4) is 0 Å². The summed E-state index contributed by atoms with van der Waals surface area (Å²) < 4.78 is 39.1. The summed E-state index contributed by atoms with van der Waals surface area (Å²) in [5.41, 5.74) is 1.02. The Morgan fingerprint density at radius 1 is 1.10 bits per heavy atom. The van der Waals surface area contributed by atoms with Crippen molar-refractivity contribution in [2.75, 3.05) is 5.32 Å². The van der Waals surface area contributed by atoms with Crippen molar-refractivity contribution < 1.29 is 23.1 Å². The predicted octanol–water partition coefficient (Wildman–Crippen LogP) is 5.76. The molecule has 40 heavy (non-hydrogen) atoms. The maximum Gasteiger partial charge on any atom is 0.433 e. The van der Waals surface area contributed by atoms with Crippen LogP contribution in [0.25, 0.3) is 10.4 Å². The molecule has 0 saturated heterocycles. The Morgan fingerprint density at radius 2 is 1.85 bits per heavy atom. The fourth-order valence-corrected chi connectivity index (χ4v) is 5.78. The molecule has 0 radical (unpaired) electrons. The van der Waals surface area contributed by atoms with Gasteiger partial charge in [-0.15, -0.1) is 11.3 Å². The summed E-state index contributed by atoms with van der Waals surface area (Å²) >= 11 is 1.36. The normalized spacial score (nSPS) is 19.3. The number of aliphatic hydroxyl groups is 1. The molecule has 0 bridgehead atoms. The second-order valence-electron chi connectivity index (χ2n) is 9.88. The first-order chi connectivity index (χ1) is 19.1. The molecular formula is C28H27F3N6O2S. The molecule has 12 heteroatoms. The second-order valence-corrected chi connectivity index (χ2v) is 10.9. The van der Waals surface area contributed by atoms with Crippen molar-refractivity contribution in [3.05, 3.63) is 83.0 Å². The van der Waals surface area contributed by atoms with Crippen LogP contribution in [0.2, 0.25) is 0 Å². The molecule has 5 rings (SSSR count). The number of carbonyl (C=O) groups excluding carboxylic acids is 1. The number of aromatic nitrogens is 4. The highest BCUT2D eigenvalue weighted by Gasteiger charge is 2.39. The van der Waals surface area contributed by atoms with Gasteiger partial charge in [-0.2, -0.15) is 13.2 Å². The SMILES string of the molecule is Cc1cc(Nc2nccc(C(F)(F)F)n2)cc(-c2cnc(C3(O)CCC(C(=O)NCc4ccncc4)CC3)s2)c1. The zero-order chi connectivity index (χ0) is 28.3. The Labute approximate surface area is 232 Å². The first-order valence-corrected chi connectivity index (χ1v) is 13.6. The number of anilines is 2. The lowest BCUT2D eigenvalue weighted by atomic mass is 9.78. The third-order valence-corrected chi connectivity index (χ3v) is 8.11. The van der Waals surface area contributed by atoms with Gasteiger partial charge >= 0.3 is 6.18 Å². The number of hydrogen-bond donors (Lipinski definition) is 3. The van der Waals surface area contributed by atoms with Crippen LogP contribution in [0, 0.1) is 12.8 Å². The van der Waals surface area contributed by atoms with Gasteiger partial charge in [0.05, 0.1) is 4.88 Å². The molecule has 3 heterocycles. The maximum atomic E-state index is 13.0. The number of amides is 1. The van der Waals surface area contributed by atoms with Crippen molar-refractivity contribution >= 4 is 28.9 Å². The summed E-state index contributed by atoms with van der Waals surface area (Å²) in [6.45, 7) is 2.31. The molecular weight excluding hydrogens is 541 g/mol. The molecule has 1 aliphatic rings. The molecule has 0 spiro atoms. The van der Waals surface area contributed by atoms with Gasteiger partial charge in [-0.3, -0.25) is 9.78 Å². The molecule has 4 aromatic rings. The number of alkyl halides is 3. The van der Waals surface area contributed by atoms with E-state index in [2.05, 4.69) is 30.6 Å². The third-order valence-electron chi connectivity index (χ3n) is 6.87.